The molecule has 110 valence electrons. The quantitative estimate of drug-likeness (QED) is 0.939. The van der Waals surface area contributed by atoms with Crippen LogP contribution in [0.15, 0.2) is 36.5 Å². The van der Waals surface area contributed by atoms with Gasteiger partial charge in [0.1, 0.15) is 11.6 Å². The van der Waals surface area contributed by atoms with E-state index in [4.69, 9.17) is 5.73 Å². The van der Waals surface area contributed by atoms with Gasteiger partial charge in [0.15, 0.2) is 0 Å². The average molecular weight is 291 g/mol. The molecule has 1 heterocycles. The molecule has 0 saturated carbocycles. The molecule has 0 spiro atoms. The molecule has 2 N–H and O–H groups in total. The Hall–Kier alpha value is -2.50. The molecule has 4 nitrogen and oxygen atoms in total. The van der Waals surface area contributed by atoms with Gasteiger partial charge in [-0.3, -0.25) is 9.78 Å². The Morgan fingerprint density at radius 2 is 2.05 bits per heavy atom. The summed E-state index contributed by atoms with van der Waals surface area (Å²) in [7, 11) is 1.56. The minimum atomic E-state index is -0.666. The summed E-state index contributed by atoms with van der Waals surface area (Å²) in [6, 6.07) is 6.62. The number of likely N-dealkylation sites (N-methyl/N-ethyl adjacent to an activating group) is 1. The molecule has 2 aromatic rings. The van der Waals surface area contributed by atoms with E-state index < -0.39 is 11.6 Å². The van der Waals surface area contributed by atoms with Crippen molar-refractivity contribution in [2.24, 2.45) is 0 Å². The normalized spacial score (nSPS) is 10.4. The van der Waals surface area contributed by atoms with Crippen molar-refractivity contribution in [3.63, 3.8) is 0 Å². The van der Waals surface area contributed by atoms with E-state index in [1.54, 1.807) is 19.2 Å². The van der Waals surface area contributed by atoms with Gasteiger partial charge in [-0.05, 0) is 18.2 Å². The van der Waals surface area contributed by atoms with Crippen LogP contribution in [0.1, 0.15) is 11.3 Å². The SMILES string of the molecule is CN(Cc1ccc(F)cc1F)C(=O)Cc1ccc(N)cn1. The van der Waals surface area contributed by atoms with Gasteiger partial charge in [-0.25, -0.2) is 8.78 Å². The smallest absolute Gasteiger partial charge is 0.228 e. The number of halogens is 2. The number of pyridine rings is 1. The molecule has 0 atom stereocenters. The van der Waals surface area contributed by atoms with Gasteiger partial charge in [0.2, 0.25) is 5.91 Å². The molecular formula is C15H15F2N3O. The third kappa shape index (κ3) is 3.98. The number of nitrogen functional groups attached to an aromatic ring is 1. The van der Waals surface area contributed by atoms with Crippen LogP contribution in [-0.2, 0) is 17.8 Å². The van der Waals surface area contributed by atoms with Crippen LogP contribution >= 0.6 is 0 Å². The first-order chi connectivity index (χ1) is 9.95. The number of anilines is 1. The summed E-state index contributed by atoms with van der Waals surface area (Å²) in [6.45, 7) is 0.0694. The Labute approximate surface area is 121 Å². The molecule has 0 aliphatic rings. The molecule has 0 fully saturated rings. The molecule has 1 aromatic heterocycles. The lowest BCUT2D eigenvalue weighted by atomic mass is 10.2. The maximum Gasteiger partial charge on any atom is 0.228 e. The van der Waals surface area contributed by atoms with E-state index in [0.29, 0.717) is 11.4 Å². The topological polar surface area (TPSA) is 59.2 Å². The van der Waals surface area contributed by atoms with Crippen LogP contribution in [0.3, 0.4) is 0 Å². The summed E-state index contributed by atoms with van der Waals surface area (Å²) in [5, 5.41) is 0. The molecule has 0 aliphatic heterocycles. The van der Waals surface area contributed by atoms with Crippen molar-refractivity contribution in [3.8, 4) is 0 Å². The van der Waals surface area contributed by atoms with Crippen LogP contribution in [0.2, 0.25) is 0 Å². The molecule has 0 bridgehead atoms. The summed E-state index contributed by atoms with van der Waals surface area (Å²) in [4.78, 5) is 17.4. The highest BCUT2D eigenvalue weighted by Gasteiger charge is 2.13. The number of aromatic nitrogens is 1. The van der Waals surface area contributed by atoms with Gasteiger partial charge in [0.25, 0.3) is 0 Å². The lowest BCUT2D eigenvalue weighted by molar-refractivity contribution is -0.129. The molecule has 1 amide bonds. The van der Waals surface area contributed by atoms with E-state index in [-0.39, 0.29) is 24.4 Å². The van der Waals surface area contributed by atoms with E-state index in [2.05, 4.69) is 4.98 Å². The van der Waals surface area contributed by atoms with Crippen LogP contribution in [0.25, 0.3) is 0 Å². The minimum absolute atomic E-state index is 0.0694. The van der Waals surface area contributed by atoms with Crippen molar-refractivity contribution in [3.05, 3.63) is 59.4 Å². The van der Waals surface area contributed by atoms with E-state index in [9.17, 15) is 13.6 Å². The fraction of sp³-hybridized carbons (Fsp3) is 0.200. The number of hydrogen-bond acceptors (Lipinski definition) is 3. The predicted octanol–water partition coefficient (Wildman–Crippen LogP) is 2.14. The highest BCUT2D eigenvalue weighted by Crippen LogP contribution is 2.12. The fourth-order valence-electron chi connectivity index (χ4n) is 1.82. The zero-order valence-electron chi connectivity index (χ0n) is 11.5. The Balaban J connectivity index is 2.00. The van der Waals surface area contributed by atoms with Gasteiger partial charge in [-0.15, -0.1) is 0 Å². The second-order valence-corrected chi connectivity index (χ2v) is 4.75. The van der Waals surface area contributed by atoms with Crippen LogP contribution in [0, 0.1) is 11.6 Å². The van der Waals surface area contributed by atoms with Crippen molar-refractivity contribution in [2.75, 3.05) is 12.8 Å². The molecule has 0 aliphatic carbocycles. The van der Waals surface area contributed by atoms with Crippen molar-refractivity contribution in [1.82, 2.24) is 9.88 Å². The minimum Gasteiger partial charge on any atom is -0.397 e. The van der Waals surface area contributed by atoms with Crippen LogP contribution in [0.5, 0.6) is 0 Å². The molecule has 0 saturated heterocycles. The van der Waals surface area contributed by atoms with Gasteiger partial charge in [-0.1, -0.05) is 6.07 Å². The Kier molecular flexibility index (Phi) is 4.47. The molecule has 1 aromatic carbocycles. The van der Waals surface area contributed by atoms with E-state index in [1.807, 2.05) is 0 Å². The maximum absolute atomic E-state index is 13.5. The third-order valence-corrected chi connectivity index (χ3v) is 3.03. The number of nitrogens with two attached hydrogens (primary N) is 1. The highest BCUT2D eigenvalue weighted by atomic mass is 19.1. The zero-order chi connectivity index (χ0) is 15.4. The Morgan fingerprint density at radius 1 is 1.29 bits per heavy atom. The first-order valence-electron chi connectivity index (χ1n) is 6.34. The van der Waals surface area contributed by atoms with Crippen LogP contribution in [0.4, 0.5) is 14.5 Å². The second-order valence-electron chi connectivity index (χ2n) is 4.75. The van der Waals surface area contributed by atoms with E-state index in [1.165, 1.54) is 17.2 Å². The standard InChI is InChI=1S/C15H15F2N3O/c1-20(9-10-2-3-11(16)6-14(10)17)15(21)7-13-5-4-12(18)8-19-13/h2-6,8H,7,9,18H2,1H3. The predicted molar refractivity (Wildman–Crippen MR) is 75.2 cm³/mol. The van der Waals surface area contributed by atoms with Crippen LogP contribution in [-0.4, -0.2) is 22.8 Å². The number of amides is 1. The monoisotopic (exact) mass is 291 g/mol. The van der Waals surface area contributed by atoms with Gasteiger partial charge >= 0.3 is 0 Å². The summed E-state index contributed by atoms with van der Waals surface area (Å²) in [5.74, 6) is -1.52. The fourth-order valence-corrected chi connectivity index (χ4v) is 1.82. The first-order valence-corrected chi connectivity index (χ1v) is 6.34. The van der Waals surface area contributed by atoms with E-state index in [0.717, 1.165) is 12.1 Å². The number of nitrogens with zero attached hydrogens (tertiary/aromatic N) is 2. The number of hydrogen-bond donors (Lipinski definition) is 1. The molecule has 6 heteroatoms. The first kappa shape index (κ1) is 14.9. The second kappa shape index (κ2) is 6.30. The van der Waals surface area contributed by atoms with Gasteiger partial charge in [0, 0.05) is 30.9 Å². The zero-order valence-corrected chi connectivity index (χ0v) is 11.5. The van der Waals surface area contributed by atoms with Crippen molar-refractivity contribution >= 4 is 11.6 Å². The third-order valence-electron chi connectivity index (χ3n) is 3.03. The maximum atomic E-state index is 13.5. The van der Waals surface area contributed by atoms with E-state index >= 15 is 0 Å². The molecule has 0 radical (unpaired) electrons. The number of benzene rings is 1. The largest absolute Gasteiger partial charge is 0.397 e. The molecule has 21 heavy (non-hydrogen) atoms. The number of carbonyl (C=O) groups is 1. The van der Waals surface area contributed by atoms with Crippen molar-refractivity contribution in [2.45, 2.75) is 13.0 Å². The lowest BCUT2D eigenvalue weighted by Gasteiger charge is -2.17. The van der Waals surface area contributed by atoms with Crippen LogP contribution < -0.4 is 5.73 Å². The lowest BCUT2D eigenvalue weighted by Crippen LogP contribution is -2.28. The number of rotatable bonds is 4. The highest BCUT2D eigenvalue weighted by molar-refractivity contribution is 5.78. The molecule has 0 unspecified atom stereocenters. The Morgan fingerprint density at radius 3 is 2.67 bits per heavy atom. The van der Waals surface area contributed by atoms with Crippen molar-refractivity contribution in [1.29, 1.82) is 0 Å². The average Bonchev–Trinajstić information content (AvgIpc) is 2.44. The van der Waals surface area contributed by atoms with Gasteiger partial charge < -0.3 is 10.6 Å². The summed E-state index contributed by atoms with van der Waals surface area (Å²) >= 11 is 0. The summed E-state index contributed by atoms with van der Waals surface area (Å²) in [6.07, 6.45) is 1.57. The van der Waals surface area contributed by atoms with Crippen molar-refractivity contribution < 1.29 is 13.6 Å². The van der Waals surface area contributed by atoms with Gasteiger partial charge in [-0.2, -0.15) is 0 Å². The molecular weight excluding hydrogens is 276 g/mol. The molecule has 2 rings (SSSR count). The van der Waals surface area contributed by atoms with Gasteiger partial charge in [0.05, 0.1) is 18.3 Å². The Bertz CT molecular complexity index is 644. The summed E-state index contributed by atoms with van der Waals surface area (Å²) < 4.78 is 26.4. The number of carbonyl (C=O) groups excluding carboxylic acids is 1. The summed E-state index contributed by atoms with van der Waals surface area (Å²) in [5.41, 5.74) is 6.88.